The Hall–Kier alpha value is -0.460. The molecule has 0 aromatic heterocycles. The Balaban J connectivity index is 3.45. The molecule has 0 aromatic rings. The number of phosphoric acid groups is 1. The van der Waals surface area contributed by atoms with E-state index in [0.717, 1.165) is 0 Å². The highest BCUT2D eigenvalue weighted by Gasteiger charge is 2.13. The fourth-order valence-corrected chi connectivity index (χ4v) is 1.19. The maximum atomic E-state index is 10.2. The SMILES string of the molecule is CN(CCCOP(=O)(O)O)CC(=O)O. The van der Waals surface area contributed by atoms with E-state index in [2.05, 4.69) is 4.52 Å². The van der Waals surface area contributed by atoms with Crippen LogP contribution in [0.4, 0.5) is 0 Å². The van der Waals surface area contributed by atoms with Gasteiger partial charge in [-0.2, -0.15) is 0 Å². The van der Waals surface area contributed by atoms with E-state index in [0.29, 0.717) is 13.0 Å². The van der Waals surface area contributed by atoms with Crippen LogP contribution in [0.25, 0.3) is 0 Å². The van der Waals surface area contributed by atoms with Crippen LogP contribution in [0.5, 0.6) is 0 Å². The van der Waals surface area contributed by atoms with Crippen LogP contribution in [-0.4, -0.2) is 52.5 Å². The molecule has 0 fully saturated rings. The van der Waals surface area contributed by atoms with Crippen LogP contribution >= 0.6 is 7.82 Å². The average Bonchev–Trinajstić information content (AvgIpc) is 1.95. The van der Waals surface area contributed by atoms with Gasteiger partial charge >= 0.3 is 13.8 Å². The second kappa shape index (κ2) is 6.10. The first-order valence-corrected chi connectivity index (χ1v) is 5.45. The summed E-state index contributed by atoms with van der Waals surface area (Å²) in [4.78, 5) is 28.3. The Morgan fingerprint density at radius 2 is 2.07 bits per heavy atom. The van der Waals surface area contributed by atoms with Gasteiger partial charge in [0.1, 0.15) is 0 Å². The van der Waals surface area contributed by atoms with E-state index in [9.17, 15) is 9.36 Å². The van der Waals surface area contributed by atoms with E-state index >= 15 is 0 Å². The molecular weight excluding hydrogens is 213 g/mol. The predicted octanol–water partition coefficient (Wildman–Crippen LogP) is -0.498. The van der Waals surface area contributed by atoms with Gasteiger partial charge in [0.15, 0.2) is 0 Å². The largest absolute Gasteiger partial charge is 0.480 e. The molecule has 8 heteroatoms. The maximum absolute atomic E-state index is 10.2. The first-order chi connectivity index (χ1) is 6.31. The van der Waals surface area contributed by atoms with Gasteiger partial charge in [-0.25, -0.2) is 4.57 Å². The van der Waals surface area contributed by atoms with E-state index in [1.807, 2.05) is 0 Å². The number of likely N-dealkylation sites (N-methyl/N-ethyl adjacent to an activating group) is 1. The Morgan fingerprint density at radius 3 is 2.50 bits per heavy atom. The Bertz CT molecular complexity index is 226. The molecule has 0 spiro atoms. The lowest BCUT2D eigenvalue weighted by atomic mass is 10.4. The normalized spacial score (nSPS) is 12.0. The van der Waals surface area contributed by atoms with Crippen molar-refractivity contribution in [1.82, 2.24) is 4.90 Å². The van der Waals surface area contributed by atoms with Crippen molar-refractivity contribution in [3.8, 4) is 0 Å². The fraction of sp³-hybridized carbons (Fsp3) is 0.833. The van der Waals surface area contributed by atoms with Gasteiger partial charge in [-0.05, 0) is 13.5 Å². The van der Waals surface area contributed by atoms with E-state index < -0.39 is 13.8 Å². The first kappa shape index (κ1) is 13.5. The molecule has 0 aliphatic carbocycles. The summed E-state index contributed by atoms with van der Waals surface area (Å²) in [7, 11) is -2.79. The molecule has 0 saturated carbocycles. The molecular formula is C6H14NO6P. The molecule has 14 heavy (non-hydrogen) atoms. The minimum absolute atomic E-state index is 0.0891. The zero-order valence-corrected chi connectivity index (χ0v) is 8.68. The summed E-state index contributed by atoms with van der Waals surface area (Å²) in [6.07, 6.45) is 0.370. The van der Waals surface area contributed by atoms with Crippen LogP contribution in [0.1, 0.15) is 6.42 Å². The van der Waals surface area contributed by atoms with Crippen molar-refractivity contribution in [1.29, 1.82) is 0 Å². The van der Waals surface area contributed by atoms with Crippen LogP contribution in [0.15, 0.2) is 0 Å². The monoisotopic (exact) mass is 227 g/mol. The maximum Gasteiger partial charge on any atom is 0.469 e. The second-order valence-corrected chi connectivity index (χ2v) is 4.05. The lowest BCUT2D eigenvalue weighted by Crippen LogP contribution is -2.27. The molecule has 0 rings (SSSR count). The molecule has 0 unspecified atom stereocenters. The predicted molar refractivity (Wildman–Crippen MR) is 47.7 cm³/mol. The Kier molecular flexibility index (Phi) is 5.90. The number of carbonyl (C=O) groups is 1. The van der Waals surface area contributed by atoms with Crippen molar-refractivity contribution >= 4 is 13.8 Å². The molecule has 0 radical (unpaired) electrons. The zero-order chi connectivity index (χ0) is 11.2. The van der Waals surface area contributed by atoms with Gasteiger partial charge in [-0.1, -0.05) is 0 Å². The van der Waals surface area contributed by atoms with Crippen LogP contribution < -0.4 is 0 Å². The van der Waals surface area contributed by atoms with Gasteiger partial charge in [-0.15, -0.1) is 0 Å². The first-order valence-electron chi connectivity index (χ1n) is 3.91. The second-order valence-electron chi connectivity index (χ2n) is 2.81. The standard InChI is InChI=1S/C6H14NO6P/c1-7(5-6(8)9)3-2-4-13-14(10,11)12/h2-5H2,1H3,(H,8,9)(H2,10,11,12). The van der Waals surface area contributed by atoms with Crippen LogP contribution in [0, 0.1) is 0 Å². The van der Waals surface area contributed by atoms with Crippen molar-refractivity contribution in [3.05, 3.63) is 0 Å². The van der Waals surface area contributed by atoms with Gasteiger partial charge in [0.05, 0.1) is 13.2 Å². The minimum Gasteiger partial charge on any atom is -0.480 e. The number of phosphoric ester groups is 1. The molecule has 0 heterocycles. The molecule has 7 nitrogen and oxygen atoms in total. The van der Waals surface area contributed by atoms with Gasteiger partial charge in [0.2, 0.25) is 0 Å². The molecule has 0 saturated heterocycles. The lowest BCUT2D eigenvalue weighted by molar-refractivity contribution is -0.138. The highest BCUT2D eigenvalue weighted by atomic mass is 31.2. The number of hydrogen-bond acceptors (Lipinski definition) is 4. The third-order valence-electron chi connectivity index (χ3n) is 1.35. The molecule has 0 aromatic carbocycles. The summed E-state index contributed by atoms with van der Waals surface area (Å²) in [5, 5.41) is 8.37. The number of carboxylic acid groups (broad SMARTS) is 1. The molecule has 84 valence electrons. The third-order valence-corrected chi connectivity index (χ3v) is 1.87. The molecule has 0 bridgehead atoms. The van der Waals surface area contributed by atoms with Crippen LogP contribution in [0.3, 0.4) is 0 Å². The lowest BCUT2D eigenvalue weighted by Gasteiger charge is -2.13. The van der Waals surface area contributed by atoms with Gasteiger partial charge < -0.3 is 14.9 Å². The highest BCUT2D eigenvalue weighted by molar-refractivity contribution is 7.46. The number of nitrogens with zero attached hydrogens (tertiary/aromatic N) is 1. The Morgan fingerprint density at radius 1 is 1.50 bits per heavy atom. The smallest absolute Gasteiger partial charge is 0.469 e. The molecule has 0 aliphatic rings. The Labute approximate surface area is 81.5 Å². The summed E-state index contributed by atoms with van der Waals surface area (Å²) < 4.78 is 14.4. The summed E-state index contributed by atoms with van der Waals surface area (Å²) in [5.74, 6) is -0.941. The van der Waals surface area contributed by atoms with Gasteiger partial charge in [0.25, 0.3) is 0 Å². The summed E-state index contributed by atoms with van der Waals surface area (Å²) >= 11 is 0. The quantitative estimate of drug-likeness (QED) is 0.397. The van der Waals surface area contributed by atoms with Crippen molar-refractivity contribution in [2.45, 2.75) is 6.42 Å². The van der Waals surface area contributed by atoms with Crippen LogP contribution in [0.2, 0.25) is 0 Å². The molecule has 0 atom stereocenters. The number of rotatable bonds is 7. The van der Waals surface area contributed by atoms with E-state index in [1.165, 1.54) is 4.90 Å². The van der Waals surface area contributed by atoms with Crippen molar-refractivity contribution in [2.24, 2.45) is 0 Å². The number of carboxylic acids is 1. The van der Waals surface area contributed by atoms with Gasteiger partial charge in [-0.3, -0.25) is 14.2 Å². The van der Waals surface area contributed by atoms with Crippen molar-refractivity contribution in [3.63, 3.8) is 0 Å². The highest BCUT2D eigenvalue weighted by Crippen LogP contribution is 2.35. The molecule has 0 aliphatic heterocycles. The number of hydrogen-bond donors (Lipinski definition) is 3. The molecule has 3 N–H and O–H groups in total. The van der Waals surface area contributed by atoms with E-state index in [1.54, 1.807) is 7.05 Å². The number of aliphatic carboxylic acids is 1. The van der Waals surface area contributed by atoms with E-state index in [-0.39, 0.29) is 13.2 Å². The van der Waals surface area contributed by atoms with Crippen molar-refractivity contribution < 1.29 is 28.8 Å². The summed E-state index contributed by atoms with van der Waals surface area (Å²) in [6, 6.07) is 0. The fourth-order valence-electron chi connectivity index (χ4n) is 0.828. The summed E-state index contributed by atoms with van der Waals surface area (Å²) in [5.41, 5.74) is 0. The van der Waals surface area contributed by atoms with Crippen molar-refractivity contribution in [2.75, 3.05) is 26.7 Å². The minimum atomic E-state index is -4.39. The average molecular weight is 227 g/mol. The third kappa shape index (κ3) is 9.63. The summed E-state index contributed by atoms with van der Waals surface area (Å²) in [6.45, 7) is 0.219. The molecule has 0 amide bonds. The van der Waals surface area contributed by atoms with E-state index in [4.69, 9.17) is 14.9 Å². The topological polar surface area (TPSA) is 107 Å². The zero-order valence-electron chi connectivity index (χ0n) is 7.79. The van der Waals surface area contributed by atoms with Crippen LogP contribution in [-0.2, 0) is 13.9 Å². The van der Waals surface area contributed by atoms with Gasteiger partial charge in [0, 0.05) is 6.54 Å².